The van der Waals surface area contributed by atoms with Gasteiger partial charge in [-0.3, -0.25) is 0 Å². The van der Waals surface area contributed by atoms with Crippen molar-refractivity contribution in [3.8, 4) is 0 Å². The second-order valence-electron chi connectivity index (χ2n) is 7.98. The standard InChI is InChI=1S/C21H42N.C2H4O2/c1-6-8-10-12-14-16-18-20-21(22(3,4)5)19-17-15-13-11-9-7-2;1-2(3)4/h8,10,14,16,21H,6-7,9,11-13,15,17-20H2,1-5H3;1H3,(H,3,4)/q+1;/p-1. The number of hydrogen-bond donors (Lipinski definition) is 0. The zero-order valence-corrected chi connectivity index (χ0v) is 18.4. The molecule has 0 aromatic heterocycles. The van der Waals surface area contributed by atoms with Crippen LogP contribution in [0.15, 0.2) is 24.3 Å². The van der Waals surface area contributed by atoms with E-state index < -0.39 is 5.97 Å². The van der Waals surface area contributed by atoms with Crippen molar-refractivity contribution in [2.24, 2.45) is 0 Å². The highest BCUT2D eigenvalue weighted by Gasteiger charge is 2.22. The first-order valence-electron chi connectivity index (χ1n) is 10.5. The molecule has 0 rings (SSSR count). The highest BCUT2D eigenvalue weighted by molar-refractivity contribution is 5.60. The minimum absolute atomic E-state index is 0.807. The lowest BCUT2D eigenvalue weighted by molar-refractivity contribution is -0.896. The van der Waals surface area contributed by atoms with Crippen LogP contribution >= 0.6 is 0 Å². The quantitative estimate of drug-likeness (QED) is 0.239. The Morgan fingerprint density at radius 3 is 1.96 bits per heavy atom. The molecule has 26 heavy (non-hydrogen) atoms. The monoisotopic (exact) mass is 367 g/mol. The molecular formula is C23H45NO2. The van der Waals surface area contributed by atoms with Gasteiger partial charge < -0.3 is 14.4 Å². The molecule has 0 aromatic rings. The fourth-order valence-corrected chi connectivity index (χ4v) is 2.92. The van der Waals surface area contributed by atoms with Crippen LogP contribution in [0.2, 0.25) is 0 Å². The Bertz CT molecular complexity index is 363. The molecule has 0 aliphatic rings. The Morgan fingerprint density at radius 1 is 0.885 bits per heavy atom. The Kier molecular flexibility index (Phi) is 19.5. The lowest BCUT2D eigenvalue weighted by atomic mass is 10.00. The normalized spacial score (nSPS) is 13.0. The highest BCUT2D eigenvalue weighted by atomic mass is 16.4. The smallest absolute Gasteiger partial charge is 0.0887 e. The first-order chi connectivity index (χ1) is 12.3. The summed E-state index contributed by atoms with van der Waals surface area (Å²) in [6, 6.07) is 0.807. The van der Waals surface area contributed by atoms with Crippen LogP contribution in [-0.2, 0) is 4.79 Å². The van der Waals surface area contributed by atoms with Crippen LogP contribution in [0, 0.1) is 0 Å². The van der Waals surface area contributed by atoms with Crippen molar-refractivity contribution in [3.63, 3.8) is 0 Å². The van der Waals surface area contributed by atoms with Crippen molar-refractivity contribution < 1.29 is 14.4 Å². The first-order valence-corrected chi connectivity index (χ1v) is 10.5. The summed E-state index contributed by atoms with van der Waals surface area (Å²) in [4.78, 5) is 8.89. The molecule has 0 saturated carbocycles. The summed E-state index contributed by atoms with van der Waals surface area (Å²) in [6.07, 6.45) is 23.9. The van der Waals surface area contributed by atoms with E-state index in [0.717, 1.165) is 30.3 Å². The Hall–Kier alpha value is -1.09. The molecule has 0 spiro atoms. The minimum Gasteiger partial charge on any atom is -0.550 e. The molecule has 0 amide bonds. The van der Waals surface area contributed by atoms with E-state index in [4.69, 9.17) is 9.90 Å². The van der Waals surface area contributed by atoms with Crippen molar-refractivity contribution in [2.75, 3.05) is 21.1 Å². The third kappa shape index (κ3) is 22.9. The molecule has 0 N–H and O–H groups in total. The molecule has 1 atom stereocenters. The maximum Gasteiger partial charge on any atom is 0.0887 e. The number of carboxylic acid groups (broad SMARTS) is 1. The fourth-order valence-electron chi connectivity index (χ4n) is 2.92. The van der Waals surface area contributed by atoms with Crippen molar-refractivity contribution in [3.05, 3.63) is 24.3 Å². The average molecular weight is 368 g/mol. The molecule has 0 fully saturated rings. The predicted octanol–water partition coefficient (Wildman–Crippen LogP) is 5.26. The molecule has 0 radical (unpaired) electrons. The summed E-state index contributed by atoms with van der Waals surface area (Å²) in [5.41, 5.74) is 0. The van der Waals surface area contributed by atoms with Crippen LogP contribution in [0.5, 0.6) is 0 Å². The van der Waals surface area contributed by atoms with Gasteiger partial charge in [-0.25, -0.2) is 0 Å². The van der Waals surface area contributed by atoms with Crippen LogP contribution < -0.4 is 5.11 Å². The van der Waals surface area contributed by atoms with Gasteiger partial charge in [-0.05, 0) is 39.0 Å². The zero-order chi connectivity index (χ0) is 20.3. The van der Waals surface area contributed by atoms with Gasteiger partial charge >= 0.3 is 0 Å². The van der Waals surface area contributed by atoms with Gasteiger partial charge in [0.05, 0.1) is 27.2 Å². The second kappa shape index (κ2) is 18.7. The minimum atomic E-state index is -1.08. The molecule has 1 unspecified atom stereocenters. The largest absolute Gasteiger partial charge is 0.550 e. The number of nitrogens with zero attached hydrogens (tertiary/aromatic N) is 1. The number of carboxylic acids is 1. The van der Waals surface area contributed by atoms with E-state index >= 15 is 0 Å². The van der Waals surface area contributed by atoms with Gasteiger partial charge in [0.15, 0.2) is 0 Å². The number of unbranched alkanes of at least 4 members (excludes halogenated alkanes) is 5. The summed E-state index contributed by atoms with van der Waals surface area (Å²) < 4.78 is 1.11. The lowest BCUT2D eigenvalue weighted by Gasteiger charge is -2.34. The van der Waals surface area contributed by atoms with Crippen molar-refractivity contribution in [2.45, 2.75) is 97.4 Å². The average Bonchev–Trinajstić information content (AvgIpc) is 2.53. The second-order valence-corrected chi connectivity index (χ2v) is 7.98. The summed E-state index contributed by atoms with van der Waals surface area (Å²) in [5, 5.41) is 8.89. The number of carbonyl (C=O) groups is 1. The van der Waals surface area contributed by atoms with Gasteiger partial charge in [0.25, 0.3) is 0 Å². The van der Waals surface area contributed by atoms with E-state index in [2.05, 4.69) is 59.3 Å². The van der Waals surface area contributed by atoms with E-state index in [0.29, 0.717) is 0 Å². The Labute approximate surface area is 163 Å². The summed E-state index contributed by atoms with van der Waals surface area (Å²) in [7, 11) is 7.07. The third-order valence-electron chi connectivity index (χ3n) is 4.49. The van der Waals surface area contributed by atoms with Gasteiger partial charge in [-0.2, -0.15) is 0 Å². The van der Waals surface area contributed by atoms with Crippen LogP contribution in [0.1, 0.15) is 91.4 Å². The molecule has 3 nitrogen and oxygen atoms in total. The topological polar surface area (TPSA) is 40.1 Å². The zero-order valence-electron chi connectivity index (χ0n) is 18.4. The summed E-state index contributed by atoms with van der Waals surface area (Å²) in [5.74, 6) is -1.08. The Balaban J connectivity index is 0. The molecule has 0 aromatic carbocycles. The number of aliphatic carboxylic acids is 1. The molecule has 0 heterocycles. The molecule has 0 bridgehead atoms. The lowest BCUT2D eigenvalue weighted by Crippen LogP contribution is -2.45. The first kappa shape index (κ1) is 27.1. The molecular weight excluding hydrogens is 322 g/mol. The van der Waals surface area contributed by atoms with Crippen LogP contribution in [0.25, 0.3) is 0 Å². The molecule has 0 saturated heterocycles. The number of allylic oxidation sites excluding steroid dienone is 4. The van der Waals surface area contributed by atoms with E-state index in [1.54, 1.807) is 0 Å². The van der Waals surface area contributed by atoms with Gasteiger partial charge in [0.2, 0.25) is 0 Å². The third-order valence-corrected chi connectivity index (χ3v) is 4.49. The van der Waals surface area contributed by atoms with Crippen molar-refractivity contribution >= 4 is 5.97 Å². The Morgan fingerprint density at radius 2 is 1.42 bits per heavy atom. The maximum absolute atomic E-state index is 8.89. The van der Waals surface area contributed by atoms with Crippen LogP contribution in [0.4, 0.5) is 0 Å². The van der Waals surface area contributed by atoms with E-state index in [-0.39, 0.29) is 0 Å². The number of rotatable bonds is 14. The van der Waals surface area contributed by atoms with E-state index in [9.17, 15) is 0 Å². The molecule has 3 heteroatoms. The summed E-state index contributed by atoms with van der Waals surface area (Å²) in [6.45, 7) is 5.45. The molecule has 0 aliphatic heterocycles. The SMILES string of the molecule is CC(=O)[O-].CCC=CCC=CCCC(CCCCCCCC)[N+](C)(C)C. The van der Waals surface area contributed by atoms with Gasteiger partial charge in [0, 0.05) is 12.4 Å². The van der Waals surface area contributed by atoms with E-state index in [1.165, 1.54) is 57.8 Å². The van der Waals surface area contributed by atoms with Gasteiger partial charge in [-0.15, -0.1) is 0 Å². The van der Waals surface area contributed by atoms with E-state index in [1.807, 2.05) is 0 Å². The number of quaternary nitrogens is 1. The van der Waals surface area contributed by atoms with Crippen molar-refractivity contribution in [1.29, 1.82) is 0 Å². The van der Waals surface area contributed by atoms with Gasteiger partial charge in [0.1, 0.15) is 0 Å². The number of carbonyl (C=O) groups excluding carboxylic acids is 1. The molecule has 0 aliphatic carbocycles. The number of hydrogen-bond acceptors (Lipinski definition) is 2. The predicted molar refractivity (Wildman–Crippen MR) is 113 cm³/mol. The fraction of sp³-hybridized carbons (Fsp3) is 0.783. The molecule has 154 valence electrons. The summed E-state index contributed by atoms with van der Waals surface area (Å²) >= 11 is 0. The highest BCUT2D eigenvalue weighted by Crippen LogP contribution is 2.18. The van der Waals surface area contributed by atoms with Crippen LogP contribution in [0.3, 0.4) is 0 Å². The van der Waals surface area contributed by atoms with Gasteiger partial charge in [-0.1, -0.05) is 70.3 Å². The van der Waals surface area contributed by atoms with Crippen molar-refractivity contribution in [1.82, 2.24) is 0 Å². The maximum atomic E-state index is 8.89. The van der Waals surface area contributed by atoms with Crippen LogP contribution in [-0.4, -0.2) is 37.6 Å².